The molecule has 2 rings (SSSR count). The van der Waals surface area contributed by atoms with E-state index in [1.54, 1.807) is 0 Å². The van der Waals surface area contributed by atoms with Gasteiger partial charge in [-0.25, -0.2) is 4.39 Å². The molecule has 0 aliphatic heterocycles. The molecule has 0 aromatic rings. The molecule has 0 aromatic carbocycles. The minimum Gasteiger partial charge on any atom is -0.247 e. The van der Waals surface area contributed by atoms with Gasteiger partial charge in [0.05, 0.1) is 0 Å². The Morgan fingerprint density at radius 3 is 2.50 bits per heavy atom. The molecule has 82 valence electrons. The summed E-state index contributed by atoms with van der Waals surface area (Å²) < 4.78 is 13.3. The standard InChI is InChI=1S/C13H23F/c1-8(2)12-6-10-4-5-11(14)7-13(10)9(12)3/h8-13H,4-7H2,1-3H3. The quantitative estimate of drug-likeness (QED) is 0.596. The summed E-state index contributed by atoms with van der Waals surface area (Å²) in [5.41, 5.74) is 0. The molecule has 0 aromatic heterocycles. The van der Waals surface area contributed by atoms with Crippen molar-refractivity contribution in [2.24, 2.45) is 29.6 Å². The van der Waals surface area contributed by atoms with Crippen molar-refractivity contribution in [1.29, 1.82) is 0 Å². The molecule has 0 bridgehead atoms. The Hall–Kier alpha value is -0.0700. The van der Waals surface area contributed by atoms with Crippen molar-refractivity contribution in [2.75, 3.05) is 0 Å². The fourth-order valence-electron chi connectivity index (χ4n) is 3.91. The summed E-state index contributed by atoms with van der Waals surface area (Å²) in [6.07, 6.45) is 3.72. The average Bonchev–Trinajstić information content (AvgIpc) is 2.44. The molecule has 0 amide bonds. The lowest BCUT2D eigenvalue weighted by Gasteiger charge is -2.30. The van der Waals surface area contributed by atoms with Gasteiger partial charge >= 0.3 is 0 Å². The van der Waals surface area contributed by atoms with Crippen LogP contribution in [0.1, 0.15) is 46.5 Å². The fourth-order valence-corrected chi connectivity index (χ4v) is 3.91. The van der Waals surface area contributed by atoms with Crippen LogP contribution in [0.5, 0.6) is 0 Å². The first-order valence-corrected chi connectivity index (χ1v) is 6.23. The normalized spacial score (nSPS) is 48.2. The zero-order valence-electron chi connectivity index (χ0n) is 9.67. The first-order valence-electron chi connectivity index (χ1n) is 6.23. The number of rotatable bonds is 1. The van der Waals surface area contributed by atoms with Gasteiger partial charge in [0, 0.05) is 0 Å². The smallest absolute Gasteiger partial charge is 0.100 e. The topological polar surface area (TPSA) is 0 Å². The van der Waals surface area contributed by atoms with Crippen molar-refractivity contribution in [2.45, 2.75) is 52.6 Å². The number of fused-ring (bicyclic) bond motifs is 1. The molecule has 1 heteroatoms. The minimum atomic E-state index is -0.496. The van der Waals surface area contributed by atoms with Crippen molar-refractivity contribution in [3.05, 3.63) is 0 Å². The van der Waals surface area contributed by atoms with Crippen LogP contribution < -0.4 is 0 Å². The van der Waals surface area contributed by atoms with E-state index in [1.165, 1.54) is 6.42 Å². The fraction of sp³-hybridized carbons (Fsp3) is 1.00. The van der Waals surface area contributed by atoms with Crippen LogP contribution in [-0.4, -0.2) is 6.17 Å². The van der Waals surface area contributed by atoms with Gasteiger partial charge in [0.15, 0.2) is 0 Å². The Balaban J connectivity index is 2.05. The van der Waals surface area contributed by atoms with Crippen molar-refractivity contribution in [1.82, 2.24) is 0 Å². The van der Waals surface area contributed by atoms with Gasteiger partial charge in [-0.3, -0.25) is 0 Å². The summed E-state index contributed by atoms with van der Waals surface area (Å²) in [5, 5.41) is 0. The van der Waals surface area contributed by atoms with E-state index in [-0.39, 0.29) is 0 Å². The second-order valence-corrected chi connectivity index (χ2v) is 5.84. The first kappa shape index (κ1) is 10.4. The maximum absolute atomic E-state index is 13.3. The predicted molar refractivity (Wildman–Crippen MR) is 57.8 cm³/mol. The average molecular weight is 198 g/mol. The highest BCUT2D eigenvalue weighted by Gasteiger charge is 2.44. The van der Waals surface area contributed by atoms with Gasteiger partial charge in [-0.05, 0) is 55.3 Å². The third kappa shape index (κ3) is 1.70. The van der Waals surface area contributed by atoms with Crippen molar-refractivity contribution >= 4 is 0 Å². The highest BCUT2D eigenvalue weighted by Crippen LogP contribution is 2.51. The van der Waals surface area contributed by atoms with Crippen molar-refractivity contribution in [3.8, 4) is 0 Å². The number of hydrogen-bond acceptors (Lipinski definition) is 0. The van der Waals surface area contributed by atoms with E-state index in [0.717, 1.165) is 42.9 Å². The molecule has 5 atom stereocenters. The summed E-state index contributed by atoms with van der Waals surface area (Å²) in [6, 6.07) is 0. The van der Waals surface area contributed by atoms with E-state index in [4.69, 9.17) is 0 Å². The number of alkyl halides is 1. The van der Waals surface area contributed by atoms with Gasteiger partial charge in [0.2, 0.25) is 0 Å². The van der Waals surface area contributed by atoms with E-state index in [9.17, 15) is 4.39 Å². The summed E-state index contributed by atoms with van der Waals surface area (Å²) >= 11 is 0. The Morgan fingerprint density at radius 2 is 1.86 bits per heavy atom. The van der Waals surface area contributed by atoms with Gasteiger partial charge in [0.25, 0.3) is 0 Å². The lowest BCUT2D eigenvalue weighted by atomic mass is 9.77. The van der Waals surface area contributed by atoms with Crippen LogP contribution in [0.4, 0.5) is 4.39 Å². The number of halogens is 1. The molecule has 0 radical (unpaired) electrons. The molecule has 5 unspecified atom stereocenters. The van der Waals surface area contributed by atoms with E-state index in [0.29, 0.717) is 5.92 Å². The Bertz CT molecular complexity index is 199. The predicted octanol–water partition coefficient (Wildman–Crippen LogP) is 4.05. The van der Waals surface area contributed by atoms with Crippen molar-refractivity contribution < 1.29 is 4.39 Å². The summed E-state index contributed by atoms with van der Waals surface area (Å²) in [6.45, 7) is 7.00. The summed E-state index contributed by atoms with van der Waals surface area (Å²) in [4.78, 5) is 0. The second kappa shape index (κ2) is 3.83. The second-order valence-electron chi connectivity index (χ2n) is 5.84. The molecular weight excluding hydrogens is 175 g/mol. The molecule has 2 fully saturated rings. The molecule has 0 spiro atoms. The Kier molecular flexibility index (Phi) is 2.86. The molecule has 2 aliphatic carbocycles. The van der Waals surface area contributed by atoms with E-state index >= 15 is 0 Å². The molecule has 0 saturated heterocycles. The lowest BCUT2D eigenvalue weighted by molar-refractivity contribution is 0.135. The molecule has 0 heterocycles. The van der Waals surface area contributed by atoms with Crippen LogP contribution in [0.15, 0.2) is 0 Å². The van der Waals surface area contributed by atoms with Crippen LogP contribution in [0.25, 0.3) is 0 Å². The maximum Gasteiger partial charge on any atom is 0.100 e. The van der Waals surface area contributed by atoms with Crippen LogP contribution in [0.3, 0.4) is 0 Å². The van der Waals surface area contributed by atoms with Gasteiger partial charge in [-0.1, -0.05) is 20.8 Å². The molecule has 2 aliphatic rings. The van der Waals surface area contributed by atoms with Gasteiger partial charge in [-0.2, -0.15) is 0 Å². The highest BCUT2D eigenvalue weighted by atomic mass is 19.1. The van der Waals surface area contributed by atoms with Crippen LogP contribution in [0, 0.1) is 29.6 Å². The zero-order chi connectivity index (χ0) is 10.3. The van der Waals surface area contributed by atoms with Gasteiger partial charge < -0.3 is 0 Å². The van der Waals surface area contributed by atoms with Crippen molar-refractivity contribution in [3.63, 3.8) is 0 Å². The minimum absolute atomic E-state index is 0.496. The monoisotopic (exact) mass is 198 g/mol. The third-order valence-corrected chi connectivity index (χ3v) is 4.77. The zero-order valence-corrected chi connectivity index (χ0v) is 9.67. The molecule has 0 N–H and O–H groups in total. The largest absolute Gasteiger partial charge is 0.247 e. The molecular formula is C13H23F. The van der Waals surface area contributed by atoms with E-state index < -0.39 is 6.17 Å². The van der Waals surface area contributed by atoms with Gasteiger partial charge in [-0.15, -0.1) is 0 Å². The van der Waals surface area contributed by atoms with E-state index in [2.05, 4.69) is 20.8 Å². The maximum atomic E-state index is 13.3. The Morgan fingerprint density at radius 1 is 1.14 bits per heavy atom. The van der Waals surface area contributed by atoms with Crippen LogP contribution in [-0.2, 0) is 0 Å². The molecule has 0 nitrogen and oxygen atoms in total. The van der Waals surface area contributed by atoms with Gasteiger partial charge in [0.1, 0.15) is 6.17 Å². The van der Waals surface area contributed by atoms with E-state index in [1.807, 2.05) is 0 Å². The van der Waals surface area contributed by atoms with Crippen LogP contribution in [0.2, 0.25) is 0 Å². The molecule has 2 saturated carbocycles. The molecule has 14 heavy (non-hydrogen) atoms. The highest BCUT2D eigenvalue weighted by molar-refractivity contribution is 4.93. The summed E-state index contributed by atoms with van der Waals surface area (Å²) in [5.74, 6) is 3.96. The third-order valence-electron chi connectivity index (χ3n) is 4.77. The number of hydrogen-bond donors (Lipinski definition) is 0. The Labute approximate surface area is 87.3 Å². The van der Waals surface area contributed by atoms with Crippen LogP contribution >= 0.6 is 0 Å². The first-order chi connectivity index (χ1) is 6.59. The SMILES string of the molecule is CC(C)C1CC2CCC(F)CC2C1C. The lowest BCUT2D eigenvalue weighted by Crippen LogP contribution is -2.25. The summed E-state index contributed by atoms with van der Waals surface area (Å²) in [7, 11) is 0.